The zero-order chi connectivity index (χ0) is 15.9. The van der Waals surface area contributed by atoms with E-state index in [-0.39, 0.29) is 17.1 Å². The van der Waals surface area contributed by atoms with Gasteiger partial charge in [0.05, 0.1) is 5.41 Å². The summed E-state index contributed by atoms with van der Waals surface area (Å²) in [5.74, 6) is 1.96. The van der Waals surface area contributed by atoms with Crippen LogP contribution < -0.4 is 0 Å². The summed E-state index contributed by atoms with van der Waals surface area (Å²) in [5.41, 5.74) is -0.165. The van der Waals surface area contributed by atoms with Gasteiger partial charge in [-0.1, -0.05) is 18.5 Å². The normalized spacial score (nSPS) is 26.5. The minimum Gasteiger partial charge on any atom is -0.339 e. The van der Waals surface area contributed by atoms with Crippen molar-refractivity contribution in [2.24, 2.45) is 5.92 Å². The van der Waals surface area contributed by atoms with Gasteiger partial charge in [-0.25, -0.2) is 9.97 Å². The van der Waals surface area contributed by atoms with Gasteiger partial charge in [-0.3, -0.25) is 4.79 Å². The molecule has 0 radical (unpaired) electrons. The summed E-state index contributed by atoms with van der Waals surface area (Å²) in [4.78, 5) is 27.2. The fourth-order valence-electron chi connectivity index (χ4n) is 3.96. The van der Waals surface area contributed by atoms with Crippen LogP contribution in [0.3, 0.4) is 0 Å². The van der Waals surface area contributed by atoms with Crippen LogP contribution in [-0.4, -0.2) is 44.0 Å². The first-order valence-corrected chi connectivity index (χ1v) is 8.12. The zero-order valence-corrected chi connectivity index (χ0v) is 13.1. The van der Waals surface area contributed by atoms with E-state index >= 15 is 0 Å². The van der Waals surface area contributed by atoms with Gasteiger partial charge < -0.3 is 9.42 Å². The lowest BCUT2D eigenvalue weighted by molar-refractivity contribution is 0.0764. The van der Waals surface area contributed by atoms with Gasteiger partial charge in [0.2, 0.25) is 11.7 Å². The average molecular weight is 313 g/mol. The lowest BCUT2D eigenvalue weighted by Crippen LogP contribution is -2.36. The topological polar surface area (TPSA) is 85.0 Å². The molecule has 2 aliphatic rings. The van der Waals surface area contributed by atoms with E-state index in [1.165, 1.54) is 0 Å². The monoisotopic (exact) mass is 313 g/mol. The Hall–Kier alpha value is -2.31. The van der Waals surface area contributed by atoms with E-state index in [4.69, 9.17) is 4.52 Å². The van der Waals surface area contributed by atoms with E-state index in [9.17, 15) is 4.79 Å². The predicted molar refractivity (Wildman–Crippen MR) is 80.6 cm³/mol. The van der Waals surface area contributed by atoms with Crippen molar-refractivity contribution in [3.05, 3.63) is 36.0 Å². The van der Waals surface area contributed by atoms with Crippen LogP contribution in [0.15, 0.2) is 23.0 Å². The van der Waals surface area contributed by atoms with Crippen molar-refractivity contribution in [2.75, 3.05) is 13.1 Å². The van der Waals surface area contributed by atoms with E-state index in [0.717, 1.165) is 31.5 Å². The number of nitrogens with zero attached hydrogens (tertiary/aromatic N) is 5. The Morgan fingerprint density at radius 2 is 2.26 bits per heavy atom. The molecule has 3 heterocycles. The molecule has 4 rings (SSSR count). The fourth-order valence-corrected chi connectivity index (χ4v) is 3.96. The minimum atomic E-state index is -0.165. The summed E-state index contributed by atoms with van der Waals surface area (Å²) in [6, 6.07) is 1.71. The van der Waals surface area contributed by atoms with Gasteiger partial charge in [0.25, 0.3) is 5.91 Å². The molecule has 0 unspecified atom stereocenters. The van der Waals surface area contributed by atoms with Crippen LogP contribution in [0, 0.1) is 5.92 Å². The molecule has 2 aromatic rings. The molecule has 1 saturated heterocycles. The molecule has 0 bridgehead atoms. The van der Waals surface area contributed by atoms with E-state index in [2.05, 4.69) is 20.1 Å². The molecule has 1 amide bonds. The smallest absolute Gasteiger partial charge is 0.291 e. The summed E-state index contributed by atoms with van der Waals surface area (Å²) in [6.07, 6.45) is 7.16. The molecular formula is C16H19N5O2. The number of rotatable bonds is 3. The van der Waals surface area contributed by atoms with Crippen molar-refractivity contribution >= 4 is 5.91 Å². The highest BCUT2D eigenvalue weighted by atomic mass is 16.5. The number of hydrogen-bond acceptors (Lipinski definition) is 6. The summed E-state index contributed by atoms with van der Waals surface area (Å²) in [7, 11) is 0. The second-order valence-electron chi connectivity index (χ2n) is 6.37. The molecule has 23 heavy (non-hydrogen) atoms. The molecule has 120 valence electrons. The summed E-state index contributed by atoms with van der Waals surface area (Å²) < 4.78 is 5.32. The lowest BCUT2D eigenvalue weighted by atomic mass is 9.80. The maximum Gasteiger partial charge on any atom is 0.291 e. The molecular weight excluding hydrogens is 294 g/mol. The van der Waals surface area contributed by atoms with Gasteiger partial charge >= 0.3 is 0 Å². The first-order valence-electron chi connectivity index (χ1n) is 8.12. The molecule has 0 N–H and O–H groups in total. The number of aryl methyl sites for hydroxylation is 1. The van der Waals surface area contributed by atoms with Gasteiger partial charge in [-0.15, -0.1) is 0 Å². The van der Waals surface area contributed by atoms with Crippen LogP contribution in [0.5, 0.6) is 0 Å². The Bertz CT molecular complexity index is 716. The summed E-state index contributed by atoms with van der Waals surface area (Å²) >= 11 is 0. The second kappa shape index (κ2) is 5.40. The average Bonchev–Trinajstić information content (AvgIpc) is 3.28. The third-order valence-corrected chi connectivity index (χ3v) is 5.13. The molecule has 2 atom stereocenters. The van der Waals surface area contributed by atoms with Crippen LogP contribution in [0.4, 0.5) is 0 Å². The minimum absolute atomic E-state index is 0.112. The van der Waals surface area contributed by atoms with E-state index in [1.54, 1.807) is 18.5 Å². The highest BCUT2D eigenvalue weighted by Gasteiger charge is 2.54. The van der Waals surface area contributed by atoms with E-state index in [1.807, 2.05) is 11.8 Å². The van der Waals surface area contributed by atoms with Gasteiger partial charge in [0.15, 0.2) is 5.82 Å². The summed E-state index contributed by atoms with van der Waals surface area (Å²) in [6.45, 7) is 3.34. The van der Waals surface area contributed by atoms with Crippen LogP contribution >= 0.6 is 0 Å². The summed E-state index contributed by atoms with van der Waals surface area (Å²) in [5, 5.41) is 4.21. The Morgan fingerprint density at radius 1 is 1.43 bits per heavy atom. The van der Waals surface area contributed by atoms with Crippen LogP contribution in [0.25, 0.3) is 0 Å². The molecule has 7 heteroatoms. The lowest BCUT2D eigenvalue weighted by Gasteiger charge is -2.24. The van der Waals surface area contributed by atoms with Crippen molar-refractivity contribution in [3.8, 4) is 0 Å². The second-order valence-corrected chi connectivity index (χ2v) is 6.37. The largest absolute Gasteiger partial charge is 0.339 e. The van der Waals surface area contributed by atoms with Gasteiger partial charge in [0, 0.05) is 31.9 Å². The Labute approximate surface area is 134 Å². The van der Waals surface area contributed by atoms with Gasteiger partial charge in [-0.2, -0.15) is 4.98 Å². The first-order chi connectivity index (χ1) is 11.2. The van der Waals surface area contributed by atoms with Crippen LogP contribution in [-0.2, 0) is 11.8 Å². The molecule has 0 aromatic carbocycles. The molecule has 2 aromatic heterocycles. The maximum absolute atomic E-state index is 12.6. The van der Waals surface area contributed by atoms with Crippen LogP contribution in [0.1, 0.15) is 48.5 Å². The van der Waals surface area contributed by atoms with Crippen molar-refractivity contribution < 1.29 is 9.32 Å². The van der Waals surface area contributed by atoms with Crippen LogP contribution in [0.2, 0.25) is 0 Å². The third kappa shape index (κ3) is 2.22. The Morgan fingerprint density at radius 3 is 3.00 bits per heavy atom. The van der Waals surface area contributed by atoms with E-state index < -0.39 is 0 Å². The van der Waals surface area contributed by atoms with Gasteiger partial charge in [-0.05, 0) is 24.8 Å². The SMILES string of the molecule is CCc1nc([C@@]23CCC[C@@H]2CN(C(=O)c2ncccn2)C3)no1. The van der Waals surface area contributed by atoms with Crippen molar-refractivity contribution in [1.29, 1.82) is 0 Å². The predicted octanol–water partition coefficient (Wildman–Crippen LogP) is 1.62. The Balaban J connectivity index is 1.62. The van der Waals surface area contributed by atoms with Crippen molar-refractivity contribution in [1.82, 2.24) is 25.0 Å². The quantitative estimate of drug-likeness (QED) is 0.856. The molecule has 2 fully saturated rings. The third-order valence-electron chi connectivity index (χ3n) is 5.13. The number of carbonyl (C=O) groups excluding carboxylic acids is 1. The van der Waals surface area contributed by atoms with Crippen molar-refractivity contribution in [2.45, 2.75) is 38.0 Å². The van der Waals surface area contributed by atoms with Crippen molar-refractivity contribution in [3.63, 3.8) is 0 Å². The maximum atomic E-state index is 12.6. The standard InChI is InChI=1S/C16H19N5O2/c1-2-12-19-15(20-23-12)16-6-3-5-11(16)9-21(10-16)14(22)13-17-7-4-8-18-13/h4,7-8,11H,2-3,5-6,9-10H2,1H3/t11-,16-/m1/s1. The van der Waals surface area contributed by atoms with E-state index in [0.29, 0.717) is 24.9 Å². The molecule has 1 saturated carbocycles. The number of hydrogen-bond donors (Lipinski definition) is 0. The molecule has 1 aliphatic carbocycles. The number of carbonyl (C=O) groups is 1. The zero-order valence-electron chi connectivity index (χ0n) is 13.1. The highest BCUT2D eigenvalue weighted by molar-refractivity contribution is 5.90. The molecule has 1 aliphatic heterocycles. The Kier molecular flexibility index (Phi) is 3.36. The number of likely N-dealkylation sites (tertiary alicyclic amines) is 1. The fraction of sp³-hybridized carbons (Fsp3) is 0.562. The number of amides is 1. The number of aromatic nitrogens is 4. The number of fused-ring (bicyclic) bond motifs is 1. The highest BCUT2D eigenvalue weighted by Crippen LogP contribution is 2.49. The molecule has 7 nitrogen and oxygen atoms in total. The molecule has 0 spiro atoms. The van der Waals surface area contributed by atoms with Gasteiger partial charge in [0.1, 0.15) is 0 Å². The first kappa shape index (κ1) is 14.3.